The summed E-state index contributed by atoms with van der Waals surface area (Å²) in [6.45, 7) is 9.73. The van der Waals surface area contributed by atoms with Crippen LogP contribution in [0.1, 0.15) is 35.1 Å². The van der Waals surface area contributed by atoms with E-state index < -0.39 is 0 Å². The van der Waals surface area contributed by atoms with E-state index in [-0.39, 0.29) is 18.0 Å². The number of likely N-dealkylation sites (N-methyl/N-ethyl adjacent to an activating group) is 1. The lowest BCUT2D eigenvalue weighted by molar-refractivity contribution is 0.0753. The van der Waals surface area contributed by atoms with E-state index in [4.69, 9.17) is 0 Å². The minimum Gasteiger partial charge on any atom is -0.348 e. The van der Waals surface area contributed by atoms with Crippen molar-refractivity contribution < 1.29 is 4.79 Å². The summed E-state index contributed by atoms with van der Waals surface area (Å²) in [5, 5.41) is 5.34. The zero-order chi connectivity index (χ0) is 17.6. The fourth-order valence-electron chi connectivity index (χ4n) is 3.52. The largest absolute Gasteiger partial charge is 0.348 e. The number of carbonyl (C=O) groups excluding carboxylic acids is 1. The van der Waals surface area contributed by atoms with Gasteiger partial charge < -0.3 is 10.2 Å². The topological polar surface area (TPSA) is 35.6 Å². The highest BCUT2D eigenvalue weighted by Gasteiger charge is 2.30. The molecule has 3 rings (SSSR count). The average Bonchev–Trinajstić information content (AvgIpc) is 3.17. The van der Waals surface area contributed by atoms with Crippen molar-refractivity contribution in [2.75, 3.05) is 32.7 Å². The molecule has 1 aliphatic rings. The molecule has 134 valence electrons. The molecule has 0 saturated carbocycles. The molecule has 0 spiro atoms. The van der Waals surface area contributed by atoms with E-state index in [9.17, 15) is 4.79 Å². The number of benzene rings is 1. The predicted molar refractivity (Wildman–Crippen MR) is 104 cm³/mol. The van der Waals surface area contributed by atoms with E-state index in [1.54, 1.807) is 11.3 Å². The highest BCUT2D eigenvalue weighted by Crippen LogP contribution is 2.29. The second-order valence-electron chi connectivity index (χ2n) is 6.56. The van der Waals surface area contributed by atoms with Crippen LogP contribution >= 0.6 is 11.3 Å². The van der Waals surface area contributed by atoms with Crippen molar-refractivity contribution in [2.24, 2.45) is 0 Å². The normalized spacial score (nSPS) is 18.6. The maximum atomic E-state index is 12.6. The lowest BCUT2D eigenvalue weighted by atomic mass is 10.0. The second kappa shape index (κ2) is 8.61. The van der Waals surface area contributed by atoms with Crippen LogP contribution in [0.25, 0.3) is 0 Å². The Balaban J connectivity index is 1.72. The molecule has 1 aliphatic heterocycles. The van der Waals surface area contributed by atoms with Crippen LogP contribution in [-0.4, -0.2) is 54.5 Å². The van der Waals surface area contributed by atoms with Gasteiger partial charge in [0.15, 0.2) is 0 Å². The predicted octanol–water partition coefficient (Wildman–Crippen LogP) is 3.25. The first-order valence-corrected chi connectivity index (χ1v) is 9.92. The summed E-state index contributed by atoms with van der Waals surface area (Å²) in [7, 11) is 0. The molecule has 25 heavy (non-hydrogen) atoms. The summed E-state index contributed by atoms with van der Waals surface area (Å²) in [5.74, 6) is 0.00171. The van der Waals surface area contributed by atoms with Crippen LogP contribution in [0.4, 0.5) is 0 Å². The molecule has 0 unspecified atom stereocenters. The van der Waals surface area contributed by atoms with Gasteiger partial charge in [-0.3, -0.25) is 9.69 Å². The Labute approximate surface area is 154 Å². The van der Waals surface area contributed by atoms with Gasteiger partial charge in [-0.25, -0.2) is 0 Å². The first-order chi connectivity index (χ1) is 12.2. The quantitative estimate of drug-likeness (QED) is 0.862. The van der Waals surface area contributed by atoms with E-state index in [2.05, 4.69) is 46.5 Å². The molecular formula is C20H27N3OS. The zero-order valence-electron chi connectivity index (χ0n) is 15.0. The van der Waals surface area contributed by atoms with Gasteiger partial charge in [-0.05, 0) is 37.0 Å². The molecule has 4 nitrogen and oxygen atoms in total. The molecule has 1 saturated heterocycles. The summed E-state index contributed by atoms with van der Waals surface area (Å²) in [6, 6.07) is 14.0. The summed E-state index contributed by atoms with van der Waals surface area (Å²) in [5.41, 5.74) is 0.718. The van der Waals surface area contributed by atoms with Gasteiger partial charge in [0.05, 0.1) is 6.04 Å². The lowest BCUT2D eigenvalue weighted by Gasteiger charge is -2.41. The third-order valence-electron chi connectivity index (χ3n) is 4.95. The molecule has 1 aromatic carbocycles. The third-order valence-corrected chi connectivity index (χ3v) is 5.89. The number of thiophene rings is 1. The van der Waals surface area contributed by atoms with Crippen molar-refractivity contribution in [1.82, 2.24) is 15.1 Å². The van der Waals surface area contributed by atoms with E-state index in [1.807, 2.05) is 30.3 Å². The maximum Gasteiger partial charge on any atom is 0.251 e. The SMILES string of the molecule is CCN1CCN([C@@H](c2cccs2)[C@H](C)NC(=O)c2ccccc2)CC1. The van der Waals surface area contributed by atoms with Crippen LogP contribution in [0, 0.1) is 0 Å². The number of carbonyl (C=O) groups is 1. The van der Waals surface area contributed by atoms with Crippen molar-refractivity contribution in [3.63, 3.8) is 0 Å². The Morgan fingerprint density at radius 2 is 1.84 bits per heavy atom. The van der Waals surface area contributed by atoms with Crippen molar-refractivity contribution in [3.8, 4) is 0 Å². The highest BCUT2D eigenvalue weighted by atomic mass is 32.1. The minimum atomic E-state index is 0.00171. The Morgan fingerprint density at radius 3 is 2.44 bits per heavy atom. The van der Waals surface area contributed by atoms with Gasteiger partial charge in [0.25, 0.3) is 5.91 Å². The van der Waals surface area contributed by atoms with E-state index in [0.717, 1.165) is 38.3 Å². The van der Waals surface area contributed by atoms with Gasteiger partial charge in [-0.1, -0.05) is 31.2 Å². The van der Waals surface area contributed by atoms with Crippen LogP contribution in [0.5, 0.6) is 0 Å². The first-order valence-electron chi connectivity index (χ1n) is 9.04. The maximum absolute atomic E-state index is 12.6. The number of amides is 1. The van der Waals surface area contributed by atoms with Crippen molar-refractivity contribution in [2.45, 2.75) is 25.9 Å². The Bertz CT molecular complexity index is 651. The van der Waals surface area contributed by atoms with Crippen molar-refractivity contribution in [3.05, 3.63) is 58.3 Å². The Hall–Kier alpha value is -1.69. The number of hydrogen-bond donors (Lipinski definition) is 1. The summed E-state index contributed by atoms with van der Waals surface area (Å²) in [6.07, 6.45) is 0. The van der Waals surface area contributed by atoms with Gasteiger partial charge in [0.1, 0.15) is 0 Å². The van der Waals surface area contributed by atoms with Gasteiger partial charge in [-0.15, -0.1) is 11.3 Å². The lowest BCUT2D eigenvalue weighted by Crippen LogP contribution is -2.52. The van der Waals surface area contributed by atoms with Gasteiger partial charge in [0.2, 0.25) is 0 Å². The van der Waals surface area contributed by atoms with Crippen LogP contribution in [0.3, 0.4) is 0 Å². The Morgan fingerprint density at radius 1 is 1.12 bits per heavy atom. The molecule has 2 heterocycles. The number of nitrogens with one attached hydrogen (secondary N) is 1. The van der Waals surface area contributed by atoms with Crippen LogP contribution in [0.15, 0.2) is 47.8 Å². The number of piperazine rings is 1. The summed E-state index contributed by atoms with van der Waals surface area (Å²) in [4.78, 5) is 18.9. The van der Waals surface area contributed by atoms with E-state index in [1.165, 1.54) is 4.88 Å². The van der Waals surface area contributed by atoms with Crippen molar-refractivity contribution >= 4 is 17.2 Å². The van der Waals surface area contributed by atoms with E-state index >= 15 is 0 Å². The number of hydrogen-bond acceptors (Lipinski definition) is 4. The highest BCUT2D eigenvalue weighted by molar-refractivity contribution is 7.10. The second-order valence-corrected chi connectivity index (χ2v) is 7.54. The van der Waals surface area contributed by atoms with Crippen LogP contribution in [-0.2, 0) is 0 Å². The van der Waals surface area contributed by atoms with Gasteiger partial charge in [-0.2, -0.15) is 0 Å². The van der Waals surface area contributed by atoms with Gasteiger partial charge >= 0.3 is 0 Å². The fraction of sp³-hybridized carbons (Fsp3) is 0.450. The smallest absolute Gasteiger partial charge is 0.251 e. The molecule has 2 aromatic rings. The van der Waals surface area contributed by atoms with Crippen LogP contribution < -0.4 is 5.32 Å². The molecular weight excluding hydrogens is 330 g/mol. The molecule has 1 aromatic heterocycles. The fourth-order valence-corrected chi connectivity index (χ4v) is 4.48. The number of rotatable bonds is 6. The minimum absolute atomic E-state index is 0.00171. The average molecular weight is 358 g/mol. The number of nitrogens with zero attached hydrogens (tertiary/aromatic N) is 2. The third kappa shape index (κ3) is 4.48. The molecule has 1 fully saturated rings. The standard InChI is InChI=1S/C20H27N3OS/c1-3-22-11-13-23(14-12-22)19(18-10-7-15-25-18)16(2)21-20(24)17-8-5-4-6-9-17/h4-10,15-16,19H,3,11-14H2,1-2H3,(H,21,24)/t16-,19+/m0/s1. The molecule has 0 radical (unpaired) electrons. The summed E-state index contributed by atoms with van der Waals surface area (Å²) < 4.78 is 0. The monoisotopic (exact) mass is 357 g/mol. The molecule has 0 aliphatic carbocycles. The molecule has 2 atom stereocenters. The molecule has 5 heteroatoms. The van der Waals surface area contributed by atoms with Gasteiger partial charge in [0, 0.05) is 42.7 Å². The molecule has 0 bridgehead atoms. The Kier molecular flexibility index (Phi) is 6.24. The zero-order valence-corrected chi connectivity index (χ0v) is 15.8. The molecule has 1 N–H and O–H groups in total. The van der Waals surface area contributed by atoms with Crippen LogP contribution in [0.2, 0.25) is 0 Å². The summed E-state index contributed by atoms with van der Waals surface area (Å²) >= 11 is 1.78. The molecule has 1 amide bonds. The van der Waals surface area contributed by atoms with Crippen molar-refractivity contribution in [1.29, 1.82) is 0 Å². The first kappa shape index (κ1) is 18.1. The van der Waals surface area contributed by atoms with E-state index in [0.29, 0.717) is 0 Å².